The van der Waals surface area contributed by atoms with Gasteiger partial charge in [-0.15, -0.1) is 10.2 Å². The number of hydrogen-bond acceptors (Lipinski definition) is 8. The molecule has 0 aliphatic carbocycles. The molecule has 0 aliphatic heterocycles. The van der Waals surface area contributed by atoms with Crippen molar-refractivity contribution in [3.63, 3.8) is 0 Å². The second-order valence-electron chi connectivity index (χ2n) is 7.37. The molecule has 1 aromatic carbocycles. The summed E-state index contributed by atoms with van der Waals surface area (Å²) in [6, 6.07) is 10.2. The Hall–Kier alpha value is -4.48. The van der Waals surface area contributed by atoms with Crippen LogP contribution in [-0.4, -0.2) is 59.1 Å². The van der Waals surface area contributed by atoms with Crippen molar-refractivity contribution in [3.05, 3.63) is 59.5 Å². The van der Waals surface area contributed by atoms with Crippen molar-refractivity contribution in [1.82, 2.24) is 51.4 Å². The monoisotopic (exact) mass is 446 g/mol. The number of aromatic amines is 2. The third-order valence-corrected chi connectivity index (χ3v) is 4.82. The second kappa shape index (κ2) is 9.77. The highest BCUT2D eigenvalue weighted by atomic mass is 16.2. The minimum absolute atomic E-state index is 0.122. The average Bonchev–Trinajstić information content (AvgIpc) is 3.52. The molecular weight excluding hydrogens is 424 g/mol. The minimum atomic E-state index is -0.378. The van der Waals surface area contributed by atoms with Crippen LogP contribution in [0.25, 0.3) is 22.9 Å². The van der Waals surface area contributed by atoms with Gasteiger partial charge >= 0.3 is 0 Å². The maximum Gasteiger partial charge on any atom is 0.251 e. The molecule has 12 nitrogen and oxygen atoms in total. The zero-order chi connectivity index (χ0) is 23.2. The molecule has 3 heterocycles. The smallest absolute Gasteiger partial charge is 0.251 e. The van der Waals surface area contributed by atoms with E-state index in [2.05, 4.69) is 51.4 Å². The van der Waals surface area contributed by atoms with E-state index in [0.29, 0.717) is 28.7 Å². The number of amides is 2. The first kappa shape index (κ1) is 21.7. The van der Waals surface area contributed by atoms with Gasteiger partial charge in [0.25, 0.3) is 5.91 Å². The molecule has 1 unspecified atom stereocenters. The maximum absolute atomic E-state index is 12.3. The van der Waals surface area contributed by atoms with Gasteiger partial charge in [0, 0.05) is 30.3 Å². The van der Waals surface area contributed by atoms with Gasteiger partial charge in [-0.3, -0.25) is 19.7 Å². The molecule has 3 aromatic heterocycles. The molecule has 0 spiro atoms. The van der Waals surface area contributed by atoms with E-state index in [4.69, 9.17) is 0 Å². The van der Waals surface area contributed by atoms with Crippen LogP contribution in [0.3, 0.4) is 0 Å². The number of pyridine rings is 1. The Morgan fingerprint density at radius 3 is 2.64 bits per heavy atom. The Morgan fingerprint density at radius 2 is 1.91 bits per heavy atom. The van der Waals surface area contributed by atoms with Crippen LogP contribution in [0.4, 0.5) is 0 Å². The summed E-state index contributed by atoms with van der Waals surface area (Å²) in [5.41, 5.74) is 2.92. The fourth-order valence-corrected chi connectivity index (χ4v) is 3.07. The number of rotatable bonds is 8. The summed E-state index contributed by atoms with van der Waals surface area (Å²) in [4.78, 5) is 33.3. The minimum Gasteiger partial charge on any atom is -0.352 e. The lowest BCUT2D eigenvalue weighted by Gasteiger charge is -2.11. The summed E-state index contributed by atoms with van der Waals surface area (Å²) in [6.07, 6.45) is 1.82. The highest BCUT2D eigenvalue weighted by Gasteiger charge is 2.16. The van der Waals surface area contributed by atoms with E-state index in [0.717, 1.165) is 11.1 Å². The van der Waals surface area contributed by atoms with E-state index in [1.54, 1.807) is 37.4 Å². The topological polar surface area (TPSA) is 167 Å². The first-order chi connectivity index (χ1) is 16.0. The number of aryl methyl sites for hydroxylation is 1. The van der Waals surface area contributed by atoms with E-state index < -0.39 is 0 Å². The van der Waals surface area contributed by atoms with Gasteiger partial charge in [0.15, 0.2) is 5.82 Å². The van der Waals surface area contributed by atoms with Gasteiger partial charge in [0.2, 0.25) is 11.7 Å². The van der Waals surface area contributed by atoms with Gasteiger partial charge in [0.1, 0.15) is 11.5 Å². The molecule has 0 bridgehead atoms. The lowest BCUT2D eigenvalue weighted by Crippen LogP contribution is -2.32. The van der Waals surface area contributed by atoms with Crippen molar-refractivity contribution in [3.8, 4) is 22.9 Å². The predicted octanol–water partition coefficient (Wildman–Crippen LogP) is 1.35. The van der Waals surface area contributed by atoms with Gasteiger partial charge in [-0.05, 0) is 48.9 Å². The van der Waals surface area contributed by atoms with Crippen molar-refractivity contribution >= 4 is 11.8 Å². The van der Waals surface area contributed by atoms with Crippen LogP contribution < -0.4 is 10.6 Å². The number of aromatic nitrogens is 8. The van der Waals surface area contributed by atoms with Crippen molar-refractivity contribution in [1.29, 1.82) is 0 Å². The fraction of sp³-hybridized carbons (Fsp3) is 0.238. The Kier molecular flexibility index (Phi) is 6.43. The molecule has 33 heavy (non-hydrogen) atoms. The van der Waals surface area contributed by atoms with Crippen LogP contribution in [0, 0.1) is 6.92 Å². The molecule has 0 fully saturated rings. The molecular formula is C21H22N10O2. The molecule has 0 saturated carbocycles. The molecule has 0 radical (unpaired) electrons. The number of carbonyl (C=O) groups is 2. The number of H-pyrrole nitrogens is 2. The van der Waals surface area contributed by atoms with Crippen molar-refractivity contribution in [2.75, 3.05) is 6.54 Å². The molecule has 2 amide bonds. The SMILES string of the molecule is Cc1ccnc(-c2n[nH]c(C(C)NC(=O)CCNC(=O)c3ccc(-c4nn[nH]n4)cc3)n2)c1. The molecule has 4 aromatic rings. The zero-order valence-corrected chi connectivity index (χ0v) is 18.0. The van der Waals surface area contributed by atoms with Gasteiger partial charge in [0.05, 0.1) is 6.04 Å². The summed E-state index contributed by atoms with van der Waals surface area (Å²) in [5, 5.41) is 26.3. The average molecular weight is 446 g/mol. The number of benzene rings is 1. The summed E-state index contributed by atoms with van der Waals surface area (Å²) < 4.78 is 0. The van der Waals surface area contributed by atoms with E-state index in [1.807, 2.05) is 19.1 Å². The number of carbonyl (C=O) groups excluding carboxylic acids is 2. The maximum atomic E-state index is 12.3. The van der Waals surface area contributed by atoms with Gasteiger partial charge in [-0.2, -0.15) is 10.3 Å². The van der Waals surface area contributed by atoms with E-state index in [9.17, 15) is 9.59 Å². The fourth-order valence-electron chi connectivity index (χ4n) is 3.07. The number of hydrogen-bond donors (Lipinski definition) is 4. The van der Waals surface area contributed by atoms with Crippen LogP contribution in [-0.2, 0) is 4.79 Å². The molecule has 4 N–H and O–H groups in total. The molecule has 0 saturated heterocycles. The van der Waals surface area contributed by atoms with Crippen LogP contribution in [0.2, 0.25) is 0 Å². The van der Waals surface area contributed by atoms with Gasteiger partial charge in [-0.25, -0.2) is 4.98 Å². The zero-order valence-electron chi connectivity index (χ0n) is 18.0. The molecule has 168 valence electrons. The van der Waals surface area contributed by atoms with Crippen molar-refractivity contribution in [2.24, 2.45) is 0 Å². The number of tetrazole rings is 1. The molecule has 12 heteroatoms. The standard InChI is InChI=1S/C21H22N10O2/c1-12-7-9-22-16(11-12)20-25-18(26-27-20)13(2)24-17(32)8-10-23-21(33)15-5-3-14(4-6-15)19-28-30-31-29-19/h3-7,9,11,13H,8,10H2,1-2H3,(H,23,33)(H,24,32)(H,25,26,27)(H,28,29,30,31). The summed E-state index contributed by atoms with van der Waals surface area (Å²) in [5.74, 6) is 0.935. The van der Waals surface area contributed by atoms with Gasteiger partial charge < -0.3 is 10.6 Å². The van der Waals surface area contributed by atoms with Gasteiger partial charge in [-0.1, -0.05) is 12.1 Å². The van der Waals surface area contributed by atoms with Crippen LogP contribution in [0.5, 0.6) is 0 Å². The lowest BCUT2D eigenvalue weighted by atomic mass is 10.1. The number of nitrogens with zero attached hydrogens (tertiary/aromatic N) is 6. The number of nitrogens with one attached hydrogen (secondary N) is 4. The highest BCUT2D eigenvalue weighted by molar-refractivity contribution is 5.94. The van der Waals surface area contributed by atoms with Crippen LogP contribution in [0.15, 0.2) is 42.6 Å². The third-order valence-electron chi connectivity index (χ3n) is 4.82. The summed E-state index contributed by atoms with van der Waals surface area (Å²) in [7, 11) is 0. The largest absolute Gasteiger partial charge is 0.352 e. The summed E-state index contributed by atoms with van der Waals surface area (Å²) >= 11 is 0. The van der Waals surface area contributed by atoms with Crippen molar-refractivity contribution in [2.45, 2.75) is 26.3 Å². The Morgan fingerprint density at radius 1 is 1.09 bits per heavy atom. The predicted molar refractivity (Wildman–Crippen MR) is 117 cm³/mol. The Bertz CT molecular complexity index is 1230. The Labute approximate surface area is 188 Å². The summed E-state index contributed by atoms with van der Waals surface area (Å²) in [6.45, 7) is 3.96. The molecule has 0 aliphatic rings. The first-order valence-electron chi connectivity index (χ1n) is 10.3. The lowest BCUT2D eigenvalue weighted by molar-refractivity contribution is -0.121. The highest BCUT2D eigenvalue weighted by Crippen LogP contribution is 2.16. The normalized spacial score (nSPS) is 11.7. The van der Waals surface area contributed by atoms with E-state index in [-0.39, 0.29) is 30.8 Å². The van der Waals surface area contributed by atoms with E-state index >= 15 is 0 Å². The second-order valence-corrected chi connectivity index (χ2v) is 7.37. The quantitative estimate of drug-likeness (QED) is 0.315. The van der Waals surface area contributed by atoms with E-state index in [1.165, 1.54) is 0 Å². The van der Waals surface area contributed by atoms with Crippen molar-refractivity contribution < 1.29 is 9.59 Å². The Balaban J connectivity index is 1.24. The third kappa shape index (κ3) is 5.42. The van der Waals surface area contributed by atoms with Crippen LogP contribution >= 0.6 is 0 Å². The van der Waals surface area contributed by atoms with Crippen LogP contribution in [0.1, 0.15) is 41.1 Å². The molecule has 4 rings (SSSR count). The first-order valence-corrected chi connectivity index (χ1v) is 10.3. The molecule has 1 atom stereocenters.